The number of carboxylic acids is 1. The molecule has 4 N–H and O–H groups in total. The Bertz CT molecular complexity index is 1110. The number of halogens is 5. The summed E-state index contributed by atoms with van der Waals surface area (Å²) in [6.45, 7) is 1.62. The second kappa shape index (κ2) is 8.59. The first kappa shape index (κ1) is 24.2. The molecule has 2 rings (SSSR count). The zero-order valence-electron chi connectivity index (χ0n) is 15.4. The van der Waals surface area contributed by atoms with Crippen LogP contribution in [0.1, 0.15) is 5.56 Å². The van der Waals surface area contributed by atoms with Crippen molar-refractivity contribution in [2.45, 2.75) is 23.7 Å². The number of hydrazine groups is 1. The van der Waals surface area contributed by atoms with E-state index >= 15 is 0 Å². The van der Waals surface area contributed by atoms with Crippen molar-refractivity contribution in [2.24, 2.45) is 0 Å². The van der Waals surface area contributed by atoms with Gasteiger partial charge in [-0.15, -0.1) is 0 Å². The fourth-order valence-electron chi connectivity index (χ4n) is 2.10. The van der Waals surface area contributed by atoms with Crippen LogP contribution in [0.15, 0.2) is 47.4 Å². The van der Waals surface area contributed by atoms with E-state index in [-0.39, 0.29) is 16.3 Å². The van der Waals surface area contributed by atoms with Gasteiger partial charge < -0.3 is 5.11 Å². The summed E-state index contributed by atoms with van der Waals surface area (Å²) in [5, 5.41) is 8.53. The quantitative estimate of drug-likeness (QED) is 0.337. The van der Waals surface area contributed by atoms with E-state index in [0.29, 0.717) is 10.6 Å². The van der Waals surface area contributed by atoms with Crippen LogP contribution in [-0.2, 0) is 19.6 Å². The Hall–Kier alpha value is -3.06. The molecule has 0 bridgehead atoms. The predicted molar refractivity (Wildman–Crippen MR) is 103 cm³/mol. The van der Waals surface area contributed by atoms with Gasteiger partial charge in [-0.05, 0) is 55.0 Å². The van der Waals surface area contributed by atoms with E-state index in [2.05, 4.69) is 4.72 Å². The summed E-state index contributed by atoms with van der Waals surface area (Å²) in [6, 6.07) is 8.71. The molecule has 168 valence electrons. The molecule has 0 aliphatic carbocycles. The van der Waals surface area contributed by atoms with Gasteiger partial charge in [-0.2, -0.15) is 17.6 Å². The maximum Gasteiger partial charge on any atom is 0.413 e. The molecule has 14 heteroatoms. The highest BCUT2D eigenvalue weighted by molar-refractivity contribution is 7.92. The third kappa shape index (κ3) is 5.17. The zero-order chi connectivity index (χ0) is 23.6. The van der Waals surface area contributed by atoms with Gasteiger partial charge in [0.05, 0.1) is 10.6 Å². The number of aliphatic carboxylic acids is 1. The number of carbonyl (C=O) groups is 2. The second-order valence-corrected chi connectivity index (χ2v) is 8.22. The first-order valence-corrected chi connectivity index (χ1v) is 9.99. The van der Waals surface area contributed by atoms with Crippen molar-refractivity contribution in [3.05, 3.63) is 53.1 Å². The average molecular weight is 484 g/mol. The third-order valence-corrected chi connectivity index (χ3v) is 5.65. The Labute approximate surface area is 178 Å². The molecule has 1 amide bonds. The van der Waals surface area contributed by atoms with Crippen molar-refractivity contribution in [3.8, 4) is 0 Å². The fourth-order valence-corrected chi connectivity index (χ4v) is 3.37. The second-order valence-electron chi connectivity index (χ2n) is 6.13. The number of hydrogen-bond acceptors (Lipinski definition) is 5. The van der Waals surface area contributed by atoms with Crippen LogP contribution in [0.2, 0.25) is 5.02 Å². The Balaban J connectivity index is 2.06. The van der Waals surface area contributed by atoms with Gasteiger partial charge in [0.2, 0.25) is 0 Å². The van der Waals surface area contributed by atoms with Crippen LogP contribution < -0.4 is 15.6 Å². The summed E-state index contributed by atoms with van der Waals surface area (Å²) in [4.78, 5) is 21.5. The Morgan fingerprint density at radius 1 is 0.968 bits per heavy atom. The number of anilines is 2. The predicted octanol–water partition coefficient (Wildman–Crippen LogP) is 3.25. The highest BCUT2D eigenvalue weighted by Gasteiger charge is 2.67. The highest BCUT2D eigenvalue weighted by Crippen LogP contribution is 2.34. The Morgan fingerprint density at radius 3 is 2.03 bits per heavy atom. The molecule has 0 saturated carbocycles. The zero-order valence-corrected chi connectivity index (χ0v) is 17.0. The van der Waals surface area contributed by atoms with E-state index < -0.39 is 33.7 Å². The van der Waals surface area contributed by atoms with Gasteiger partial charge in [0.25, 0.3) is 10.0 Å². The standard InChI is InChI=1S/C17H14ClF4N3O5S/c1-9-8-12(6-7-13(9)18)31(29,30)25-11-4-2-10(3-5-11)23-24-14(26)16(19,20)17(21,22)15(27)28/h2-8,23,25H,1H3,(H,24,26)(H,27,28). The number of benzene rings is 2. The van der Waals surface area contributed by atoms with E-state index in [1.165, 1.54) is 35.8 Å². The van der Waals surface area contributed by atoms with Crippen LogP contribution >= 0.6 is 11.6 Å². The lowest BCUT2D eigenvalue weighted by atomic mass is 10.1. The van der Waals surface area contributed by atoms with Crippen molar-refractivity contribution in [1.29, 1.82) is 0 Å². The van der Waals surface area contributed by atoms with Crippen LogP contribution in [0.3, 0.4) is 0 Å². The summed E-state index contributed by atoms with van der Waals surface area (Å²) >= 11 is 5.86. The van der Waals surface area contributed by atoms with Gasteiger partial charge in [-0.25, -0.2) is 13.2 Å². The van der Waals surface area contributed by atoms with Gasteiger partial charge in [-0.1, -0.05) is 11.6 Å². The fraction of sp³-hybridized carbons (Fsp3) is 0.176. The molecular weight excluding hydrogens is 470 g/mol. The number of carboxylic acid groups (broad SMARTS) is 1. The molecule has 2 aromatic carbocycles. The van der Waals surface area contributed by atoms with Gasteiger partial charge in [-0.3, -0.25) is 20.4 Å². The van der Waals surface area contributed by atoms with Crippen LogP contribution in [0, 0.1) is 6.92 Å². The van der Waals surface area contributed by atoms with E-state index in [9.17, 15) is 35.6 Å². The van der Waals surface area contributed by atoms with Crippen molar-refractivity contribution in [1.82, 2.24) is 5.43 Å². The number of nitrogens with one attached hydrogen (secondary N) is 3. The lowest BCUT2D eigenvalue weighted by Gasteiger charge is -2.22. The minimum atomic E-state index is -5.62. The number of aryl methyl sites for hydroxylation is 1. The SMILES string of the molecule is Cc1cc(S(=O)(=O)Nc2ccc(NNC(=O)C(F)(F)C(F)(F)C(=O)O)cc2)ccc1Cl. The number of rotatable bonds is 8. The number of hydrogen-bond donors (Lipinski definition) is 4. The molecule has 0 radical (unpaired) electrons. The Kier molecular flexibility index (Phi) is 6.71. The van der Waals surface area contributed by atoms with Crippen molar-refractivity contribution >= 4 is 44.9 Å². The maximum absolute atomic E-state index is 13.3. The first-order chi connectivity index (χ1) is 14.2. The van der Waals surface area contributed by atoms with Gasteiger partial charge >= 0.3 is 23.7 Å². The number of sulfonamides is 1. The molecule has 2 aromatic rings. The Morgan fingerprint density at radius 2 is 1.52 bits per heavy atom. The van der Waals surface area contributed by atoms with Crippen LogP contribution in [-0.4, -0.2) is 37.2 Å². The molecule has 0 aromatic heterocycles. The molecule has 0 heterocycles. The van der Waals surface area contributed by atoms with Crippen LogP contribution in [0.5, 0.6) is 0 Å². The van der Waals surface area contributed by atoms with E-state index in [4.69, 9.17) is 16.7 Å². The smallest absolute Gasteiger partial charge is 0.413 e. The van der Waals surface area contributed by atoms with Gasteiger partial charge in [0.15, 0.2) is 0 Å². The van der Waals surface area contributed by atoms with Crippen molar-refractivity contribution in [2.75, 3.05) is 10.1 Å². The molecule has 31 heavy (non-hydrogen) atoms. The summed E-state index contributed by atoms with van der Waals surface area (Å²) in [6.07, 6.45) is 0. The van der Waals surface area contributed by atoms with Gasteiger partial charge in [0.1, 0.15) is 0 Å². The molecule has 0 fully saturated rings. The average Bonchev–Trinajstić information content (AvgIpc) is 2.68. The minimum absolute atomic E-state index is 0.0622. The van der Waals surface area contributed by atoms with E-state index in [1.54, 1.807) is 6.92 Å². The third-order valence-electron chi connectivity index (χ3n) is 3.85. The summed E-state index contributed by atoms with van der Waals surface area (Å²) < 4.78 is 79.7. The highest BCUT2D eigenvalue weighted by atomic mass is 35.5. The molecule has 0 atom stereocenters. The molecule has 0 saturated heterocycles. The summed E-state index contributed by atoms with van der Waals surface area (Å²) in [5.41, 5.74) is 3.68. The molecule has 0 unspecified atom stereocenters. The summed E-state index contributed by atoms with van der Waals surface area (Å²) in [7, 11) is -3.97. The molecule has 0 aliphatic rings. The van der Waals surface area contributed by atoms with E-state index in [0.717, 1.165) is 12.1 Å². The molecule has 0 spiro atoms. The minimum Gasteiger partial charge on any atom is -0.477 e. The monoisotopic (exact) mass is 483 g/mol. The lowest BCUT2D eigenvalue weighted by Crippen LogP contribution is -2.57. The van der Waals surface area contributed by atoms with Crippen LogP contribution in [0.4, 0.5) is 28.9 Å². The van der Waals surface area contributed by atoms with Crippen molar-refractivity contribution < 1.29 is 40.7 Å². The van der Waals surface area contributed by atoms with E-state index in [1.807, 2.05) is 5.43 Å². The topological polar surface area (TPSA) is 125 Å². The normalized spacial score (nSPS) is 12.2. The largest absolute Gasteiger partial charge is 0.477 e. The molecule has 8 nitrogen and oxygen atoms in total. The molecule has 0 aliphatic heterocycles. The number of amides is 1. The summed E-state index contributed by atoms with van der Waals surface area (Å²) in [5.74, 6) is -16.9. The van der Waals surface area contributed by atoms with Gasteiger partial charge in [0, 0.05) is 10.7 Å². The maximum atomic E-state index is 13.3. The lowest BCUT2D eigenvalue weighted by molar-refractivity contribution is -0.222. The first-order valence-electron chi connectivity index (χ1n) is 8.13. The van der Waals surface area contributed by atoms with Crippen LogP contribution in [0.25, 0.3) is 0 Å². The van der Waals surface area contributed by atoms with Crippen molar-refractivity contribution in [3.63, 3.8) is 0 Å². The number of alkyl halides is 4. The number of carbonyl (C=O) groups excluding carboxylic acids is 1. The molecular formula is C17H14ClF4N3O5S.